The molecule has 1 aromatic carbocycles. The van der Waals surface area contributed by atoms with E-state index >= 15 is 0 Å². The van der Waals surface area contributed by atoms with Crippen molar-refractivity contribution in [1.29, 1.82) is 0 Å². The van der Waals surface area contributed by atoms with Crippen LogP contribution < -0.4 is 10.2 Å². The van der Waals surface area contributed by atoms with Gasteiger partial charge in [0.05, 0.1) is 6.10 Å². The van der Waals surface area contributed by atoms with Gasteiger partial charge in [-0.3, -0.25) is 4.79 Å². The first-order chi connectivity index (χ1) is 13.3. The molecule has 1 saturated heterocycles. The number of anilines is 1. The molecular weight excluding hydrogens is 348 g/mol. The predicted molar refractivity (Wildman–Crippen MR) is 113 cm³/mol. The quantitative estimate of drug-likeness (QED) is 0.810. The van der Waals surface area contributed by atoms with Crippen molar-refractivity contribution in [2.24, 2.45) is 22.7 Å². The molecule has 4 nitrogen and oxygen atoms in total. The van der Waals surface area contributed by atoms with Crippen LogP contribution >= 0.6 is 0 Å². The third-order valence-electron chi connectivity index (χ3n) is 8.20. The molecule has 154 valence electrons. The third-order valence-corrected chi connectivity index (χ3v) is 8.20. The largest absolute Gasteiger partial charge is 0.373 e. The van der Waals surface area contributed by atoms with Crippen LogP contribution in [-0.4, -0.2) is 31.6 Å². The fourth-order valence-electron chi connectivity index (χ4n) is 6.78. The van der Waals surface area contributed by atoms with E-state index in [1.54, 1.807) is 6.92 Å². The van der Waals surface area contributed by atoms with Crippen LogP contribution in [0.15, 0.2) is 24.3 Å². The van der Waals surface area contributed by atoms with E-state index < -0.39 is 0 Å². The maximum Gasteiger partial charge on any atom is 0.217 e. The lowest BCUT2D eigenvalue weighted by atomic mass is 9.59. The number of benzene rings is 1. The number of hydrogen-bond donors (Lipinski definition) is 1. The molecule has 3 aliphatic rings. The Balaban J connectivity index is 1.63. The van der Waals surface area contributed by atoms with E-state index in [2.05, 4.69) is 62.2 Å². The lowest BCUT2D eigenvalue weighted by molar-refractivity contribution is -0.135. The molecule has 2 saturated carbocycles. The molecule has 1 spiro atoms. The predicted octanol–water partition coefficient (Wildman–Crippen LogP) is 4.55. The molecule has 4 rings (SSSR count). The van der Waals surface area contributed by atoms with Crippen molar-refractivity contribution in [2.75, 3.05) is 24.6 Å². The Morgan fingerprint density at radius 1 is 1.21 bits per heavy atom. The summed E-state index contributed by atoms with van der Waals surface area (Å²) in [7, 11) is 0. The van der Waals surface area contributed by atoms with Crippen LogP contribution in [-0.2, 0) is 9.53 Å². The molecule has 1 unspecified atom stereocenters. The Bertz CT molecular complexity index is 725. The topological polar surface area (TPSA) is 41.6 Å². The summed E-state index contributed by atoms with van der Waals surface area (Å²) >= 11 is 0. The Morgan fingerprint density at radius 2 is 1.89 bits per heavy atom. The molecule has 0 radical (unpaired) electrons. The summed E-state index contributed by atoms with van der Waals surface area (Å²) in [5.74, 6) is 1.26. The molecule has 4 heteroatoms. The van der Waals surface area contributed by atoms with E-state index in [-0.39, 0.29) is 28.9 Å². The summed E-state index contributed by atoms with van der Waals surface area (Å²) in [5, 5.41) is 3.36. The van der Waals surface area contributed by atoms with Gasteiger partial charge in [0, 0.05) is 38.3 Å². The number of amides is 1. The second kappa shape index (κ2) is 7.05. The zero-order chi connectivity index (χ0) is 20.1. The van der Waals surface area contributed by atoms with E-state index in [1.807, 2.05) is 0 Å². The third kappa shape index (κ3) is 2.87. The molecule has 1 heterocycles. The van der Waals surface area contributed by atoms with Crippen molar-refractivity contribution < 1.29 is 9.53 Å². The number of nitrogens with one attached hydrogen (secondary N) is 1. The minimum Gasteiger partial charge on any atom is -0.373 e. The first kappa shape index (κ1) is 19.8. The van der Waals surface area contributed by atoms with Gasteiger partial charge in [0.1, 0.15) is 0 Å². The van der Waals surface area contributed by atoms with Crippen LogP contribution in [0.3, 0.4) is 0 Å². The SMILES string of the molecule is CCN(CC)c1ccc([C@H]2OCCC34C[C@@H](C[C@H]23)C(C)(C)[C@@H]4NC(C)=O)cc1. The first-order valence-corrected chi connectivity index (χ1v) is 11.1. The fourth-order valence-corrected chi connectivity index (χ4v) is 6.78. The summed E-state index contributed by atoms with van der Waals surface area (Å²) in [6, 6.07) is 9.27. The Morgan fingerprint density at radius 3 is 2.50 bits per heavy atom. The summed E-state index contributed by atoms with van der Waals surface area (Å²) in [6.07, 6.45) is 3.66. The normalized spacial score (nSPS) is 35.5. The van der Waals surface area contributed by atoms with Crippen LogP contribution in [0.5, 0.6) is 0 Å². The van der Waals surface area contributed by atoms with E-state index in [9.17, 15) is 4.79 Å². The molecule has 1 amide bonds. The van der Waals surface area contributed by atoms with Gasteiger partial charge in [0.15, 0.2) is 0 Å². The summed E-state index contributed by atoms with van der Waals surface area (Å²) in [6.45, 7) is 13.6. The molecule has 1 N–H and O–H groups in total. The van der Waals surface area contributed by atoms with Crippen LogP contribution in [0, 0.1) is 22.7 Å². The maximum absolute atomic E-state index is 12.0. The van der Waals surface area contributed by atoms with Crippen molar-refractivity contribution in [1.82, 2.24) is 5.32 Å². The molecular formula is C24H36N2O2. The zero-order valence-corrected chi connectivity index (χ0v) is 18.1. The van der Waals surface area contributed by atoms with Crippen molar-refractivity contribution >= 4 is 11.6 Å². The molecule has 28 heavy (non-hydrogen) atoms. The highest BCUT2D eigenvalue weighted by Crippen LogP contribution is 2.70. The average Bonchev–Trinajstić information content (AvgIpc) is 3.16. The Kier molecular flexibility index (Phi) is 4.97. The molecule has 0 aromatic heterocycles. The van der Waals surface area contributed by atoms with Crippen LogP contribution in [0.4, 0.5) is 5.69 Å². The van der Waals surface area contributed by atoms with Gasteiger partial charge in [0.25, 0.3) is 0 Å². The number of hydrogen-bond acceptors (Lipinski definition) is 3. The van der Waals surface area contributed by atoms with Crippen LogP contribution in [0.2, 0.25) is 0 Å². The van der Waals surface area contributed by atoms with Gasteiger partial charge in [0.2, 0.25) is 5.91 Å². The molecule has 2 bridgehead atoms. The number of rotatable bonds is 5. The van der Waals surface area contributed by atoms with Gasteiger partial charge >= 0.3 is 0 Å². The molecule has 1 aromatic rings. The highest BCUT2D eigenvalue weighted by Gasteiger charge is 2.68. The molecule has 3 fully saturated rings. The summed E-state index contributed by atoms with van der Waals surface area (Å²) in [5.41, 5.74) is 2.92. The van der Waals surface area contributed by atoms with Crippen LogP contribution in [0.25, 0.3) is 0 Å². The van der Waals surface area contributed by atoms with Crippen molar-refractivity contribution in [2.45, 2.75) is 66.0 Å². The van der Waals surface area contributed by atoms with E-state index in [0.29, 0.717) is 11.8 Å². The van der Waals surface area contributed by atoms with Gasteiger partial charge in [-0.15, -0.1) is 0 Å². The minimum atomic E-state index is 0.102. The van der Waals surface area contributed by atoms with Crippen molar-refractivity contribution in [3.05, 3.63) is 29.8 Å². The molecule has 1 aliphatic heterocycles. The number of fused-ring (bicyclic) bond motifs is 1. The average molecular weight is 385 g/mol. The standard InChI is InChI=1S/C24H36N2O2/c1-6-26(7-2)19-10-8-17(9-11-19)21-20-14-18-15-24(20,12-13-28-21)22(23(18,4)5)25-16(3)27/h8-11,18,20-22H,6-7,12-15H2,1-5H3,(H,25,27)/t18-,20-,21-,22+,24?/m1/s1. The van der Waals surface area contributed by atoms with Gasteiger partial charge in [-0.25, -0.2) is 0 Å². The van der Waals surface area contributed by atoms with Gasteiger partial charge < -0.3 is 15.0 Å². The first-order valence-electron chi connectivity index (χ1n) is 11.1. The number of carbonyl (C=O) groups is 1. The summed E-state index contributed by atoms with van der Waals surface area (Å²) in [4.78, 5) is 14.4. The second-order valence-corrected chi connectivity index (χ2v) is 9.74. The number of carbonyl (C=O) groups excluding carboxylic acids is 1. The maximum atomic E-state index is 12.0. The van der Waals surface area contributed by atoms with Crippen molar-refractivity contribution in [3.63, 3.8) is 0 Å². The molecule has 2 aliphatic carbocycles. The monoisotopic (exact) mass is 384 g/mol. The lowest BCUT2D eigenvalue weighted by Crippen LogP contribution is -2.58. The van der Waals surface area contributed by atoms with Crippen LogP contribution in [0.1, 0.15) is 65.5 Å². The Hall–Kier alpha value is -1.55. The fraction of sp³-hybridized carbons (Fsp3) is 0.708. The van der Waals surface area contributed by atoms with Gasteiger partial charge in [-0.2, -0.15) is 0 Å². The highest BCUT2D eigenvalue weighted by atomic mass is 16.5. The number of nitrogens with zero attached hydrogens (tertiary/aromatic N) is 1. The van der Waals surface area contributed by atoms with E-state index in [4.69, 9.17) is 4.74 Å². The van der Waals surface area contributed by atoms with Crippen molar-refractivity contribution in [3.8, 4) is 0 Å². The van der Waals surface area contributed by atoms with E-state index in [1.165, 1.54) is 24.1 Å². The number of ether oxygens (including phenoxy) is 1. The molecule has 5 atom stereocenters. The second-order valence-electron chi connectivity index (χ2n) is 9.74. The summed E-state index contributed by atoms with van der Waals surface area (Å²) < 4.78 is 6.37. The van der Waals surface area contributed by atoms with Gasteiger partial charge in [-0.05, 0) is 73.5 Å². The highest BCUT2D eigenvalue weighted by molar-refractivity contribution is 5.73. The minimum absolute atomic E-state index is 0.102. The lowest BCUT2D eigenvalue weighted by Gasteiger charge is -2.53. The Labute approximate surface area is 170 Å². The smallest absolute Gasteiger partial charge is 0.217 e. The van der Waals surface area contributed by atoms with Gasteiger partial charge in [-0.1, -0.05) is 26.0 Å². The zero-order valence-electron chi connectivity index (χ0n) is 18.1. The van der Waals surface area contributed by atoms with E-state index in [0.717, 1.165) is 26.1 Å².